The van der Waals surface area contributed by atoms with Gasteiger partial charge in [-0.2, -0.15) is 0 Å². The number of methoxy groups -OCH3 is 1. The topological polar surface area (TPSA) is 64.1 Å². The van der Waals surface area contributed by atoms with E-state index in [0.29, 0.717) is 0 Å². The standard InChI is InChI=1S/C13H12N2O3S/c1-18-12(17)11(9-5-3-2-4-6-9)15-8-7-10(16)14-13(15)19/h2-8,11H,1H3,(H,14,16,19). The van der Waals surface area contributed by atoms with Crippen molar-refractivity contribution >= 4 is 18.2 Å². The van der Waals surface area contributed by atoms with Crippen LogP contribution in [0.3, 0.4) is 0 Å². The minimum atomic E-state index is -0.712. The number of aromatic nitrogens is 2. The molecule has 1 unspecified atom stereocenters. The number of hydrogen-bond donors (Lipinski definition) is 1. The Balaban J connectivity index is 2.59. The fourth-order valence-corrected chi connectivity index (χ4v) is 2.05. The first-order chi connectivity index (χ1) is 9.13. The maximum absolute atomic E-state index is 12.0. The average Bonchev–Trinajstić information content (AvgIpc) is 2.42. The van der Waals surface area contributed by atoms with Crippen molar-refractivity contribution in [3.63, 3.8) is 0 Å². The van der Waals surface area contributed by atoms with E-state index >= 15 is 0 Å². The third-order valence-electron chi connectivity index (χ3n) is 2.67. The van der Waals surface area contributed by atoms with Crippen LogP contribution in [-0.4, -0.2) is 22.6 Å². The van der Waals surface area contributed by atoms with Gasteiger partial charge in [0.25, 0.3) is 5.56 Å². The second-order valence-electron chi connectivity index (χ2n) is 3.85. The lowest BCUT2D eigenvalue weighted by Crippen LogP contribution is -2.25. The van der Waals surface area contributed by atoms with E-state index in [1.165, 1.54) is 23.9 Å². The van der Waals surface area contributed by atoms with Crippen molar-refractivity contribution in [3.8, 4) is 0 Å². The molecule has 0 saturated carbocycles. The molecule has 1 N–H and O–H groups in total. The molecule has 0 radical (unpaired) electrons. The van der Waals surface area contributed by atoms with E-state index in [4.69, 9.17) is 17.0 Å². The lowest BCUT2D eigenvalue weighted by molar-refractivity contribution is -0.143. The third kappa shape index (κ3) is 2.79. The van der Waals surface area contributed by atoms with Crippen LogP contribution in [0, 0.1) is 4.77 Å². The zero-order valence-electron chi connectivity index (χ0n) is 10.2. The lowest BCUT2D eigenvalue weighted by atomic mass is 10.1. The highest BCUT2D eigenvalue weighted by Gasteiger charge is 2.23. The number of carbonyl (C=O) groups is 1. The van der Waals surface area contributed by atoms with Gasteiger partial charge in [-0.3, -0.25) is 9.78 Å². The van der Waals surface area contributed by atoms with E-state index in [0.717, 1.165) is 5.56 Å². The molecule has 0 aliphatic rings. The Kier molecular flexibility index (Phi) is 3.91. The summed E-state index contributed by atoms with van der Waals surface area (Å²) in [5, 5.41) is 0. The van der Waals surface area contributed by atoms with E-state index in [1.807, 2.05) is 18.2 Å². The Bertz CT molecular complexity index is 691. The predicted molar refractivity (Wildman–Crippen MR) is 72.5 cm³/mol. The SMILES string of the molecule is COC(=O)C(c1ccccc1)n1ccc(=O)[nH]c1=S. The molecule has 19 heavy (non-hydrogen) atoms. The Labute approximate surface area is 114 Å². The van der Waals surface area contributed by atoms with Gasteiger partial charge in [0.05, 0.1) is 7.11 Å². The van der Waals surface area contributed by atoms with E-state index in [9.17, 15) is 9.59 Å². The summed E-state index contributed by atoms with van der Waals surface area (Å²) >= 11 is 5.08. The van der Waals surface area contributed by atoms with Gasteiger partial charge in [0, 0.05) is 12.3 Å². The zero-order valence-corrected chi connectivity index (χ0v) is 11.0. The largest absolute Gasteiger partial charge is 0.467 e. The molecular formula is C13H12N2O3S. The van der Waals surface area contributed by atoms with Crippen molar-refractivity contribution in [1.29, 1.82) is 0 Å². The van der Waals surface area contributed by atoms with E-state index in [2.05, 4.69) is 4.98 Å². The van der Waals surface area contributed by atoms with Crippen LogP contribution in [0.4, 0.5) is 0 Å². The molecule has 1 atom stereocenters. The van der Waals surface area contributed by atoms with Gasteiger partial charge in [0.2, 0.25) is 0 Å². The van der Waals surface area contributed by atoms with Crippen molar-refractivity contribution in [1.82, 2.24) is 9.55 Å². The summed E-state index contributed by atoms with van der Waals surface area (Å²) < 4.78 is 6.48. The fraction of sp³-hybridized carbons (Fsp3) is 0.154. The number of aromatic amines is 1. The van der Waals surface area contributed by atoms with Gasteiger partial charge >= 0.3 is 5.97 Å². The van der Waals surface area contributed by atoms with Crippen LogP contribution in [0.15, 0.2) is 47.4 Å². The smallest absolute Gasteiger partial charge is 0.333 e. The molecule has 2 rings (SSSR count). The van der Waals surface area contributed by atoms with Crippen LogP contribution < -0.4 is 5.56 Å². The monoisotopic (exact) mass is 276 g/mol. The van der Waals surface area contributed by atoms with E-state index in [1.54, 1.807) is 12.1 Å². The quantitative estimate of drug-likeness (QED) is 0.684. The molecule has 0 amide bonds. The number of ether oxygens (including phenoxy) is 1. The highest BCUT2D eigenvalue weighted by Crippen LogP contribution is 2.19. The average molecular weight is 276 g/mol. The highest BCUT2D eigenvalue weighted by atomic mass is 32.1. The van der Waals surface area contributed by atoms with Crippen LogP contribution in [0.1, 0.15) is 11.6 Å². The van der Waals surface area contributed by atoms with Gasteiger partial charge in [0.15, 0.2) is 10.8 Å². The summed E-state index contributed by atoms with van der Waals surface area (Å²) in [6.07, 6.45) is 1.48. The van der Waals surface area contributed by atoms with Crippen molar-refractivity contribution < 1.29 is 9.53 Å². The molecule has 0 saturated heterocycles. The summed E-state index contributed by atoms with van der Waals surface area (Å²) in [5.74, 6) is -0.450. The van der Waals surface area contributed by atoms with Crippen LogP contribution in [0.2, 0.25) is 0 Å². The van der Waals surface area contributed by atoms with Gasteiger partial charge < -0.3 is 9.30 Å². The second kappa shape index (κ2) is 5.62. The molecule has 1 aromatic heterocycles. The number of nitrogens with zero attached hydrogens (tertiary/aromatic N) is 1. The first-order valence-electron chi connectivity index (χ1n) is 5.57. The van der Waals surface area contributed by atoms with Gasteiger partial charge in [-0.15, -0.1) is 0 Å². The highest BCUT2D eigenvalue weighted by molar-refractivity contribution is 7.71. The number of carbonyl (C=O) groups excluding carboxylic acids is 1. The number of rotatable bonds is 3. The van der Waals surface area contributed by atoms with Crippen molar-refractivity contribution in [2.75, 3.05) is 7.11 Å². The summed E-state index contributed by atoms with van der Waals surface area (Å²) in [4.78, 5) is 25.6. The summed E-state index contributed by atoms with van der Waals surface area (Å²) in [6.45, 7) is 0. The Hall–Kier alpha value is -2.21. The van der Waals surface area contributed by atoms with Crippen LogP contribution >= 0.6 is 12.2 Å². The molecule has 5 nitrogen and oxygen atoms in total. The van der Waals surface area contributed by atoms with Crippen molar-refractivity contribution in [2.45, 2.75) is 6.04 Å². The predicted octanol–water partition coefficient (Wildman–Crippen LogP) is 1.67. The Morgan fingerprint density at radius 2 is 2.00 bits per heavy atom. The number of esters is 1. The van der Waals surface area contributed by atoms with Crippen LogP contribution in [0.25, 0.3) is 0 Å². The molecule has 0 aliphatic carbocycles. The Morgan fingerprint density at radius 1 is 1.32 bits per heavy atom. The Morgan fingerprint density at radius 3 is 2.58 bits per heavy atom. The first kappa shape index (κ1) is 13.2. The molecule has 98 valence electrons. The van der Waals surface area contributed by atoms with E-state index in [-0.39, 0.29) is 10.3 Å². The summed E-state index contributed by atoms with van der Waals surface area (Å²) in [6, 6.07) is 9.69. The zero-order chi connectivity index (χ0) is 13.8. The van der Waals surface area contributed by atoms with Crippen LogP contribution in [0.5, 0.6) is 0 Å². The normalized spacial score (nSPS) is 11.8. The van der Waals surface area contributed by atoms with Gasteiger partial charge in [-0.1, -0.05) is 30.3 Å². The fourth-order valence-electron chi connectivity index (χ4n) is 1.79. The lowest BCUT2D eigenvalue weighted by Gasteiger charge is -2.18. The first-order valence-corrected chi connectivity index (χ1v) is 5.98. The second-order valence-corrected chi connectivity index (χ2v) is 4.24. The van der Waals surface area contributed by atoms with Crippen LogP contribution in [-0.2, 0) is 9.53 Å². The molecule has 2 aromatic rings. The molecular weight excluding hydrogens is 264 g/mol. The molecule has 0 bridgehead atoms. The number of H-pyrrole nitrogens is 1. The maximum atomic E-state index is 12.0. The molecule has 1 heterocycles. The minimum Gasteiger partial charge on any atom is -0.467 e. The molecule has 0 aliphatic heterocycles. The van der Waals surface area contributed by atoms with Gasteiger partial charge in [-0.05, 0) is 17.8 Å². The van der Waals surface area contributed by atoms with Crippen molar-refractivity contribution in [2.24, 2.45) is 0 Å². The molecule has 6 heteroatoms. The van der Waals surface area contributed by atoms with E-state index < -0.39 is 12.0 Å². The summed E-state index contributed by atoms with van der Waals surface area (Å²) in [7, 11) is 1.31. The number of nitrogens with one attached hydrogen (secondary N) is 1. The summed E-state index contributed by atoms with van der Waals surface area (Å²) in [5.41, 5.74) is 0.426. The molecule has 1 aromatic carbocycles. The maximum Gasteiger partial charge on any atom is 0.333 e. The molecule has 0 fully saturated rings. The van der Waals surface area contributed by atoms with Gasteiger partial charge in [0.1, 0.15) is 0 Å². The third-order valence-corrected chi connectivity index (χ3v) is 2.98. The minimum absolute atomic E-state index is 0.173. The molecule has 0 spiro atoms. The van der Waals surface area contributed by atoms with Gasteiger partial charge in [-0.25, -0.2) is 4.79 Å². The number of hydrogen-bond acceptors (Lipinski definition) is 4. The van der Waals surface area contributed by atoms with Crippen molar-refractivity contribution in [3.05, 3.63) is 63.3 Å². The number of benzene rings is 1.